The normalized spacial score (nSPS) is 13.8. The summed E-state index contributed by atoms with van der Waals surface area (Å²) in [5, 5.41) is 0. The lowest BCUT2D eigenvalue weighted by atomic mass is 10.0. The van der Waals surface area contributed by atoms with Gasteiger partial charge in [0.25, 0.3) is 0 Å². The van der Waals surface area contributed by atoms with Crippen LogP contribution in [0.25, 0.3) is 0 Å². The van der Waals surface area contributed by atoms with E-state index in [0.29, 0.717) is 6.42 Å². The molecule has 2 unspecified atom stereocenters. The van der Waals surface area contributed by atoms with Crippen LogP contribution in [-0.4, -0.2) is 49.3 Å². The monoisotopic (exact) mass is 713 g/mol. The number of phosphoric ester groups is 1. The van der Waals surface area contributed by atoms with Crippen LogP contribution in [0.4, 0.5) is 0 Å². The fourth-order valence-electron chi connectivity index (χ4n) is 5.13. The molecule has 0 aliphatic heterocycles. The number of ether oxygens (including phenoxy) is 2. The van der Waals surface area contributed by atoms with Crippen molar-refractivity contribution in [1.82, 2.24) is 0 Å². The highest BCUT2D eigenvalue weighted by Crippen LogP contribution is 2.43. The van der Waals surface area contributed by atoms with Crippen molar-refractivity contribution >= 4 is 19.8 Å². The molecule has 0 aliphatic carbocycles. The summed E-state index contributed by atoms with van der Waals surface area (Å²) in [7, 11) is -4.38. The first-order valence-electron chi connectivity index (χ1n) is 19.5. The third-order valence-corrected chi connectivity index (χ3v) is 9.03. The van der Waals surface area contributed by atoms with Crippen molar-refractivity contribution in [3.63, 3.8) is 0 Å². The molecule has 10 heteroatoms. The third-order valence-electron chi connectivity index (χ3n) is 8.04. The van der Waals surface area contributed by atoms with Gasteiger partial charge in [-0.25, -0.2) is 4.57 Å². The molecule has 0 bridgehead atoms. The maximum absolute atomic E-state index is 12.5. The maximum Gasteiger partial charge on any atom is 0.472 e. The molecule has 0 rings (SSSR count). The van der Waals surface area contributed by atoms with Gasteiger partial charge >= 0.3 is 19.8 Å². The summed E-state index contributed by atoms with van der Waals surface area (Å²) in [4.78, 5) is 34.7. The Morgan fingerprint density at radius 1 is 0.612 bits per heavy atom. The molecule has 0 saturated heterocycles. The first-order valence-corrected chi connectivity index (χ1v) is 21.0. The molecule has 9 nitrogen and oxygen atoms in total. The van der Waals surface area contributed by atoms with Crippen LogP contribution in [0, 0.1) is 0 Å². The topological polar surface area (TPSA) is 134 Å². The van der Waals surface area contributed by atoms with E-state index in [9.17, 15) is 19.0 Å². The second kappa shape index (κ2) is 36.0. The van der Waals surface area contributed by atoms with Crippen molar-refractivity contribution in [3.05, 3.63) is 36.5 Å². The molecule has 286 valence electrons. The summed E-state index contributed by atoms with van der Waals surface area (Å²) in [6, 6.07) is 0. The standard InChI is InChI=1S/C39H72NO8P/c1-3-5-7-9-11-13-15-17-18-20-22-24-26-28-30-32-39(42)48-37(36-47-49(43,44)46-34-33-40)35-45-38(41)31-29-27-25-23-21-19-16-14-12-10-8-6-4-2/h15,17,20,22,26,28,37H,3-14,16,18-19,21,23-25,27,29-36,40H2,1-2H3,(H,43,44)/b17-15-,22-20-,28-26-. The van der Waals surface area contributed by atoms with E-state index in [4.69, 9.17) is 24.3 Å². The zero-order chi connectivity index (χ0) is 36.1. The van der Waals surface area contributed by atoms with E-state index in [1.54, 1.807) is 0 Å². The highest BCUT2D eigenvalue weighted by atomic mass is 31.2. The van der Waals surface area contributed by atoms with Gasteiger partial charge in [0.05, 0.1) is 13.2 Å². The molecule has 0 fully saturated rings. The molecular weight excluding hydrogens is 641 g/mol. The minimum absolute atomic E-state index is 0.0444. The van der Waals surface area contributed by atoms with Gasteiger partial charge in [-0.05, 0) is 38.5 Å². The number of esters is 2. The lowest BCUT2D eigenvalue weighted by Gasteiger charge is -2.19. The van der Waals surface area contributed by atoms with Gasteiger partial charge in [-0.15, -0.1) is 0 Å². The van der Waals surface area contributed by atoms with Gasteiger partial charge in [-0.1, -0.05) is 153 Å². The van der Waals surface area contributed by atoms with E-state index in [0.717, 1.165) is 38.5 Å². The molecule has 0 saturated carbocycles. The lowest BCUT2D eigenvalue weighted by Crippen LogP contribution is -2.29. The summed E-state index contributed by atoms with van der Waals surface area (Å²) in [5.74, 6) is -0.915. The van der Waals surface area contributed by atoms with Crippen molar-refractivity contribution in [2.24, 2.45) is 5.73 Å². The van der Waals surface area contributed by atoms with E-state index in [2.05, 4.69) is 38.2 Å². The summed E-state index contributed by atoms with van der Waals surface area (Å²) in [6.45, 7) is 3.63. The lowest BCUT2D eigenvalue weighted by molar-refractivity contribution is -0.161. The number of hydrogen-bond donors (Lipinski definition) is 2. The van der Waals surface area contributed by atoms with Gasteiger partial charge in [0.2, 0.25) is 0 Å². The van der Waals surface area contributed by atoms with Gasteiger partial charge in [-0.2, -0.15) is 0 Å². The number of carbonyl (C=O) groups is 2. The number of rotatable bonds is 36. The highest BCUT2D eigenvalue weighted by Gasteiger charge is 2.25. The Morgan fingerprint density at radius 2 is 1.10 bits per heavy atom. The molecule has 0 aromatic carbocycles. The van der Waals surface area contributed by atoms with Crippen molar-refractivity contribution in [3.8, 4) is 0 Å². The van der Waals surface area contributed by atoms with Crippen LogP contribution < -0.4 is 5.73 Å². The van der Waals surface area contributed by atoms with Crippen LogP contribution in [-0.2, 0) is 32.7 Å². The minimum Gasteiger partial charge on any atom is -0.462 e. The Hall–Kier alpha value is -1.77. The van der Waals surface area contributed by atoms with Gasteiger partial charge in [0, 0.05) is 19.4 Å². The highest BCUT2D eigenvalue weighted by molar-refractivity contribution is 7.47. The molecule has 0 amide bonds. The molecule has 0 spiro atoms. The second-order valence-corrected chi connectivity index (χ2v) is 14.3. The number of phosphoric acid groups is 1. The van der Waals surface area contributed by atoms with E-state index in [-0.39, 0.29) is 32.6 Å². The van der Waals surface area contributed by atoms with Crippen molar-refractivity contribution in [1.29, 1.82) is 0 Å². The average molecular weight is 714 g/mol. The van der Waals surface area contributed by atoms with E-state index in [1.165, 1.54) is 96.3 Å². The number of unbranched alkanes of at least 4 members (excludes halogenated alkanes) is 17. The summed E-state index contributed by atoms with van der Waals surface area (Å²) in [5.41, 5.74) is 5.33. The van der Waals surface area contributed by atoms with Crippen LogP contribution >= 0.6 is 7.82 Å². The van der Waals surface area contributed by atoms with Crippen LogP contribution in [0.1, 0.15) is 168 Å². The number of carbonyl (C=O) groups excluding carboxylic acids is 2. The fraction of sp³-hybridized carbons (Fsp3) is 0.795. The third kappa shape index (κ3) is 35.8. The number of allylic oxidation sites excluding steroid dienone is 6. The van der Waals surface area contributed by atoms with Crippen molar-refractivity contribution in [2.75, 3.05) is 26.4 Å². The maximum atomic E-state index is 12.5. The van der Waals surface area contributed by atoms with Gasteiger partial charge in [0.15, 0.2) is 6.10 Å². The number of nitrogens with two attached hydrogens (primary N) is 1. The Kier molecular flexibility index (Phi) is 34.7. The summed E-state index contributed by atoms with van der Waals surface area (Å²) < 4.78 is 32.6. The largest absolute Gasteiger partial charge is 0.472 e. The quantitative estimate of drug-likeness (QED) is 0.0281. The Bertz CT molecular complexity index is 907. The van der Waals surface area contributed by atoms with Crippen LogP contribution in [0.3, 0.4) is 0 Å². The Balaban J connectivity index is 4.32. The van der Waals surface area contributed by atoms with E-state index < -0.39 is 32.5 Å². The second-order valence-electron chi connectivity index (χ2n) is 12.8. The summed E-state index contributed by atoms with van der Waals surface area (Å²) in [6.07, 6.45) is 37.6. The molecule has 0 aliphatic rings. The molecule has 2 atom stereocenters. The van der Waals surface area contributed by atoms with Crippen molar-refractivity contribution in [2.45, 2.75) is 174 Å². The van der Waals surface area contributed by atoms with Crippen LogP contribution in [0.2, 0.25) is 0 Å². The van der Waals surface area contributed by atoms with E-state index >= 15 is 0 Å². The number of hydrogen-bond acceptors (Lipinski definition) is 8. The summed E-state index contributed by atoms with van der Waals surface area (Å²) >= 11 is 0. The van der Waals surface area contributed by atoms with Crippen LogP contribution in [0.5, 0.6) is 0 Å². The molecule has 3 N–H and O–H groups in total. The molecule has 0 radical (unpaired) electrons. The zero-order valence-corrected chi connectivity index (χ0v) is 32.1. The van der Waals surface area contributed by atoms with E-state index in [1.807, 2.05) is 12.2 Å². The minimum atomic E-state index is -4.38. The predicted octanol–water partition coefficient (Wildman–Crippen LogP) is 10.6. The smallest absolute Gasteiger partial charge is 0.462 e. The van der Waals surface area contributed by atoms with Gasteiger partial charge < -0.3 is 20.1 Å². The molecule has 0 heterocycles. The molecule has 49 heavy (non-hydrogen) atoms. The Morgan fingerprint density at radius 3 is 1.65 bits per heavy atom. The average Bonchev–Trinajstić information content (AvgIpc) is 3.08. The molecule has 0 aromatic rings. The fourth-order valence-corrected chi connectivity index (χ4v) is 5.90. The first kappa shape index (κ1) is 47.2. The molecular formula is C39H72NO8P. The van der Waals surface area contributed by atoms with Gasteiger partial charge in [-0.3, -0.25) is 18.6 Å². The first-order chi connectivity index (χ1) is 23.8. The Labute approximate surface area is 299 Å². The zero-order valence-electron chi connectivity index (χ0n) is 31.2. The molecule has 0 aromatic heterocycles. The van der Waals surface area contributed by atoms with Crippen molar-refractivity contribution < 1.29 is 37.6 Å². The van der Waals surface area contributed by atoms with Gasteiger partial charge in [0.1, 0.15) is 6.61 Å². The predicted molar refractivity (Wildman–Crippen MR) is 201 cm³/mol. The van der Waals surface area contributed by atoms with Crippen LogP contribution in [0.15, 0.2) is 36.5 Å². The SMILES string of the molecule is CCCCCCC/C=C\C/C=C\C/C=C\CCC(=O)OC(COC(=O)CCCCCCCCCCCCCCC)COP(=O)(O)OCCN.